The minimum absolute atomic E-state index is 0.0779. The molecule has 0 aromatic carbocycles. The molecular weight excluding hydrogens is 242 g/mol. The summed E-state index contributed by atoms with van der Waals surface area (Å²) < 4.78 is 10.9. The Morgan fingerprint density at radius 2 is 2.21 bits per heavy atom. The van der Waals surface area contributed by atoms with Crippen LogP contribution >= 0.6 is 0 Å². The highest BCUT2D eigenvalue weighted by molar-refractivity contribution is 5.26. The first-order chi connectivity index (χ1) is 9.04. The second-order valence-corrected chi connectivity index (χ2v) is 6.93. The van der Waals surface area contributed by atoms with Gasteiger partial charge in [0.1, 0.15) is 5.76 Å². The minimum atomic E-state index is -0.0779. The predicted molar refractivity (Wildman–Crippen MR) is 71.9 cm³/mol. The fourth-order valence-electron chi connectivity index (χ4n) is 3.14. The largest absolute Gasteiger partial charge is 0.469 e. The highest BCUT2D eigenvalue weighted by Gasteiger charge is 2.40. The fraction of sp³-hybridized carbons (Fsp3) is 0.733. The van der Waals surface area contributed by atoms with Gasteiger partial charge in [0.2, 0.25) is 0 Å². The smallest absolute Gasteiger partial charge is 0.109 e. The third-order valence-corrected chi connectivity index (χ3v) is 4.43. The average molecular weight is 265 g/mol. The molecule has 3 rings (SSSR count). The lowest BCUT2D eigenvalue weighted by atomic mass is 9.74. The molecule has 19 heavy (non-hydrogen) atoms. The first-order valence-corrected chi connectivity index (χ1v) is 7.02. The lowest BCUT2D eigenvalue weighted by Crippen LogP contribution is -2.53. The number of furan rings is 1. The van der Waals surface area contributed by atoms with Crippen LogP contribution in [-0.2, 0) is 11.2 Å². The van der Waals surface area contributed by atoms with E-state index in [1.165, 1.54) is 5.56 Å². The summed E-state index contributed by atoms with van der Waals surface area (Å²) in [7, 11) is 0. The van der Waals surface area contributed by atoms with Crippen LogP contribution in [0.1, 0.15) is 37.6 Å². The summed E-state index contributed by atoms with van der Waals surface area (Å²) in [6.07, 6.45) is 3.89. The molecule has 0 bridgehead atoms. The van der Waals surface area contributed by atoms with Gasteiger partial charge in [-0.25, -0.2) is 0 Å². The number of hydrogen-bond acceptors (Lipinski definition) is 4. The van der Waals surface area contributed by atoms with E-state index in [9.17, 15) is 5.11 Å². The van der Waals surface area contributed by atoms with Crippen molar-refractivity contribution in [2.75, 3.05) is 26.4 Å². The van der Waals surface area contributed by atoms with Gasteiger partial charge in [-0.15, -0.1) is 0 Å². The molecule has 1 aromatic heterocycles. The molecule has 106 valence electrons. The van der Waals surface area contributed by atoms with Crippen molar-refractivity contribution >= 4 is 0 Å². The third kappa shape index (κ3) is 2.45. The first kappa shape index (κ1) is 13.2. The number of aliphatic hydroxyl groups is 1. The summed E-state index contributed by atoms with van der Waals surface area (Å²) in [5, 5.41) is 13.1. The summed E-state index contributed by atoms with van der Waals surface area (Å²) in [4.78, 5) is 0. The summed E-state index contributed by atoms with van der Waals surface area (Å²) in [6, 6.07) is 2.40. The van der Waals surface area contributed by atoms with Crippen molar-refractivity contribution < 1.29 is 14.3 Å². The molecule has 4 nitrogen and oxygen atoms in total. The van der Waals surface area contributed by atoms with Gasteiger partial charge in [-0.3, -0.25) is 0 Å². The summed E-state index contributed by atoms with van der Waals surface area (Å²) in [5.41, 5.74) is 1.46. The molecule has 0 amide bonds. The molecular formula is C15H23NO3. The second-order valence-electron chi connectivity index (χ2n) is 6.93. The topological polar surface area (TPSA) is 54.6 Å². The highest BCUT2D eigenvalue weighted by atomic mass is 16.5. The number of hydrogen-bond donors (Lipinski definition) is 2. The van der Waals surface area contributed by atoms with Gasteiger partial charge in [-0.05, 0) is 17.9 Å². The van der Waals surface area contributed by atoms with E-state index in [1.807, 2.05) is 0 Å². The van der Waals surface area contributed by atoms with E-state index in [1.54, 1.807) is 6.26 Å². The lowest BCUT2D eigenvalue weighted by Gasteiger charge is -2.42. The van der Waals surface area contributed by atoms with Crippen LogP contribution in [0.5, 0.6) is 0 Å². The molecule has 1 aliphatic heterocycles. The van der Waals surface area contributed by atoms with Crippen molar-refractivity contribution in [3.63, 3.8) is 0 Å². The number of aliphatic hydroxyl groups excluding tert-OH is 1. The molecule has 2 N–H and O–H groups in total. The number of rotatable bonds is 4. The molecule has 2 heterocycles. The van der Waals surface area contributed by atoms with E-state index >= 15 is 0 Å². The van der Waals surface area contributed by atoms with E-state index in [0.717, 1.165) is 25.1 Å². The quantitative estimate of drug-likeness (QED) is 0.873. The molecule has 2 aliphatic rings. The van der Waals surface area contributed by atoms with Crippen LogP contribution in [0.4, 0.5) is 0 Å². The summed E-state index contributed by atoms with van der Waals surface area (Å²) in [6.45, 7) is 6.86. The van der Waals surface area contributed by atoms with Crippen LogP contribution in [-0.4, -0.2) is 31.5 Å². The van der Waals surface area contributed by atoms with E-state index in [2.05, 4.69) is 25.2 Å². The van der Waals surface area contributed by atoms with Crippen LogP contribution in [0.3, 0.4) is 0 Å². The molecule has 1 unspecified atom stereocenters. The van der Waals surface area contributed by atoms with Crippen molar-refractivity contribution in [1.82, 2.24) is 5.32 Å². The maximum Gasteiger partial charge on any atom is 0.109 e. The predicted octanol–water partition coefficient (Wildman–Crippen LogP) is 1.89. The van der Waals surface area contributed by atoms with Crippen LogP contribution in [0.15, 0.2) is 16.7 Å². The van der Waals surface area contributed by atoms with E-state index in [4.69, 9.17) is 9.15 Å². The van der Waals surface area contributed by atoms with Crippen molar-refractivity contribution in [1.29, 1.82) is 0 Å². The van der Waals surface area contributed by atoms with Crippen LogP contribution in [0.25, 0.3) is 0 Å². The normalized spacial score (nSPS) is 27.6. The van der Waals surface area contributed by atoms with Gasteiger partial charge >= 0.3 is 0 Å². The Kier molecular flexibility index (Phi) is 3.20. The highest BCUT2D eigenvalue weighted by Crippen LogP contribution is 2.41. The minimum Gasteiger partial charge on any atom is -0.469 e. The Morgan fingerprint density at radius 3 is 2.84 bits per heavy atom. The standard InChI is InChI=1S/C15H23NO3/c1-14(2)5-12(11-3-4-19-13(11)6-14)16-7-15(8-17)9-18-10-15/h3-4,12,16-17H,5-10H2,1-2H3. The Morgan fingerprint density at radius 1 is 1.42 bits per heavy atom. The molecule has 1 fully saturated rings. The van der Waals surface area contributed by atoms with Crippen molar-refractivity contribution in [3.8, 4) is 0 Å². The van der Waals surface area contributed by atoms with Crippen molar-refractivity contribution in [2.24, 2.45) is 10.8 Å². The molecule has 1 aliphatic carbocycles. The zero-order valence-corrected chi connectivity index (χ0v) is 11.7. The molecule has 4 heteroatoms. The first-order valence-electron chi connectivity index (χ1n) is 7.02. The van der Waals surface area contributed by atoms with Gasteiger partial charge in [0.15, 0.2) is 0 Å². The number of nitrogens with one attached hydrogen (secondary N) is 1. The average Bonchev–Trinajstić information content (AvgIpc) is 2.74. The van der Waals surface area contributed by atoms with Crippen molar-refractivity contribution in [3.05, 3.63) is 23.7 Å². The Hall–Kier alpha value is -0.840. The van der Waals surface area contributed by atoms with Gasteiger partial charge < -0.3 is 19.6 Å². The van der Waals surface area contributed by atoms with Gasteiger partial charge in [0.05, 0.1) is 31.5 Å². The molecule has 1 saturated heterocycles. The maximum absolute atomic E-state index is 9.49. The van der Waals surface area contributed by atoms with Gasteiger partial charge in [0, 0.05) is 24.6 Å². The second kappa shape index (κ2) is 4.62. The molecule has 1 atom stereocenters. The van der Waals surface area contributed by atoms with Crippen LogP contribution < -0.4 is 5.32 Å². The third-order valence-electron chi connectivity index (χ3n) is 4.43. The van der Waals surface area contributed by atoms with E-state index in [-0.39, 0.29) is 17.4 Å². The Bertz CT molecular complexity index is 442. The van der Waals surface area contributed by atoms with E-state index in [0.29, 0.717) is 19.3 Å². The Labute approximate surface area is 114 Å². The van der Waals surface area contributed by atoms with Gasteiger partial charge in [-0.1, -0.05) is 13.8 Å². The van der Waals surface area contributed by atoms with Crippen LogP contribution in [0.2, 0.25) is 0 Å². The molecule has 1 aromatic rings. The SMILES string of the molecule is CC1(C)Cc2occc2C(NCC2(CO)COC2)C1. The molecule has 0 saturated carbocycles. The van der Waals surface area contributed by atoms with Gasteiger partial charge in [0.25, 0.3) is 0 Å². The van der Waals surface area contributed by atoms with Crippen molar-refractivity contribution in [2.45, 2.75) is 32.7 Å². The summed E-state index contributed by atoms with van der Waals surface area (Å²) in [5.74, 6) is 1.11. The van der Waals surface area contributed by atoms with E-state index < -0.39 is 0 Å². The molecule has 0 spiro atoms. The Balaban J connectivity index is 1.71. The zero-order chi connectivity index (χ0) is 13.5. The number of fused-ring (bicyclic) bond motifs is 1. The van der Waals surface area contributed by atoms with Crippen LogP contribution in [0, 0.1) is 10.8 Å². The fourth-order valence-corrected chi connectivity index (χ4v) is 3.14. The monoisotopic (exact) mass is 265 g/mol. The zero-order valence-electron chi connectivity index (χ0n) is 11.7. The lowest BCUT2D eigenvalue weighted by molar-refractivity contribution is -0.135. The number of ether oxygens (including phenoxy) is 1. The molecule has 0 radical (unpaired) electrons. The maximum atomic E-state index is 9.49. The van der Waals surface area contributed by atoms with Gasteiger partial charge in [-0.2, -0.15) is 0 Å². The summed E-state index contributed by atoms with van der Waals surface area (Å²) >= 11 is 0.